The van der Waals surface area contributed by atoms with Crippen molar-refractivity contribution in [2.24, 2.45) is 5.92 Å². The van der Waals surface area contributed by atoms with E-state index in [9.17, 15) is 4.79 Å². The largest absolute Gasteiger partial charge is 0.466 e. The summed E-state index contributed by atoms with van der Waals surface area (Å²) in [6, 6.07) is 0.646. The molecule has 0 saturated carbocycles. The number of likely N-dealkylation sites (tertiary alicyclic amines) is 1. The summed E-state index contributed by atoms with van der Waals surface area (Å²) in [4.78, 5) is 14.0. The summed E-state index contributed by atoms with van der Waals surface area (Å²) in [5.74, 6) is 0.145. The highest BCUT2D eigenvalue weighted by Crippen LogP contribution is 2.20. The van der Waals surface area contributed by atoms with Crippen LogP contribution in [0.3, 0.4) is 0 Å². The van der Waals surface area contributed by atoms with E-state index in [0.29, 0.717) is 12.6 Å². The molecule has 88 valence electrons. The molecule has 0 amide bonds. The number of hydrogen-bond donors (Lipinski definition) is 0. The summed E-state index contributed by atoms with van der Waals surface area (Å²) in [6.45, 7) is 8.92. The molecule has 1 atom stereocenters. The number of ether oxygens (including phenoxy) is 1. The van der Waals surface area contributed by atoms with Crippen molar-refractivity contribution in [1.29, 1.82) is 0 Å². The molecule has 1 rings (SSSR count). The Labute approximate surface area is 92.8 Å². The Bertz CT molecular complexity index is 198. The number of carbonyl (C=O) groups excluding carboxylic acids is 1. The zero-order valence-corrected chi connectivity index (χ0v) is 10.2. The van der Waals surface area contributed by atoms with Crippen LogP contribution in [-0.4, -0.2) is 36.6 Å². The van der Waals surface area contributed by atoms with Gasteiger partial charge in [0.1, 0.15) is 0 Å². The highest BCUT2D eigenvalue weighted by molar-refractivity contribution is 5.72. The molecule has 0 aromatic carbocycles. The molecule has 0 spiro atoms. The molecule has 1 heterocycles. The highest BCUT2D eigenvalue weighted by Gasteiger charge is 2.27. The lowest BCUT2D eigenvalue weighted by Crippen LogP contribution is -2.41. The fourth-order valence-electron chi connectivity index (χ4n) is 2.09. The van der Waals surface area contributed by atoms with E-state index in [1.807, 2.05) is 6.92 Å². The summed E-state index contributed by atoms with van der Waals surface area (Å²) in [5, 5.41) is 0. The summed E-state index contributed by atoms with van der Waals surface area (Å²) in [6.07, 6.45) is 3.11. The van der Waals surface area contributed by atoms with Crippen LogP contribution in [0.4, 0.5) is 0 Å². The third-order valence-corrected chi connectivity index (χ3v) is 3.36. The lowest BCUT2D eigenvalue weighted by atomic mass is 9.96. The van der Waals surface area contributed by atoms with Gasteiger partial charge in [0.15, 0.2) is 0 Å². The van der Waals surface area contributed by atoms with Crippen molar-refractivity contribution in [3.05, 3.63) is 0 Å². The van der Waals surface area contributed by atoms with E-state index in [1.54, 1.807) is 0 Å². The van der Waals surface area contributed by atoms with E-state index >= 15 is 0 Å². The molecule has 3 heteroatoms. The molecular formula is C12H23NO2. The van der Waals surface area contributed by atoms with E-state index in [4.69, 9.17) is 4.74 Å². The van der Waals surface area contributed by atoms with Gasteiger partial charge in [0, 0.05) is 6.04 Å². The molecule has 15 heavy (non-hydrogen) atoms. The van der Waals surface area contributed by atoms with Crippen molar-refractivity contribution in [2.75, 3.05) is 19.7 Å². The van der Waals surface area contributed by atoms with Gasteiger partial charge in [-0.05, 0) is 46.2 Å². The van der Waals surface area contributed by atoms with E-state index in [-0.39, 0.29) is 11.9 Å². The smallest absolute Gasteiger partial charge is 0.309 e. The van der Waals surface area contributed by atoms with Crippen LogP contribution in [0, 0.1) is 5.92 Å². The Kier molecular flexibility index (Phi) is 5.09. The van der Waals surface area contributed by atoms with Crippen LogP contribution in [0.2, 0.25) is 0 Å². The van der Waals surface area contributed by atoms with Crippen LogP contribution in [0.15, 0.2) is 0 Å². The lowest BCUT2D eigenvalue weighted by molar-refractivity contribution is -0.149. The molecule has 0 aliphatic carbocycles. The van der Waals surface area contributed by atoms with Gasteiger partial charge < -0.3 is 9.64 Å². The average molecular weight is 213 g/mol. The zero-order valence-electron chi connectivity index (χ0n) is 10.2. The first-order valence-electron chi connectivity index (χ1n) is 6.09. The first kappa shape index (κ1) is 12.5. The van der Waals surface area contributed by atoms with Crippen molar-refractivity contribution < 1.29 is 9.53 Å². The minimum Gasteiger partial charge on any atom is -0.466 e. The molecule has 0 N–H and O–H groups in total. The third-order valence-electron chi connectivity index (χ3n) is 3.36. The van der Waals surface area contributed by atoms with Gasteiger partial charge in [0.25, 0.3) is 0 Å². The molecule has 1 saturated heterocycles. The number of hydrogen-bond acceptors (Lipinski definition) is 3. The van der Waals surface area contributed by atoms with Crippen LogP contribution in [-0.2, 0) is 9.53 Å². The topological polar surface area (TPSA) is 29.5 Å². The quantitative estimate of drug-likeness (QED) is 0.669. The predicted octanol–water partition coefficient (Wildman–Crippen LogP) is 2.06. The van der Waals surface area contributed by atoms with Crippen LogP contribution >= 0.6 is 0 Å². The maximum Gasteiger partial charge on any atom is 0.309 e. The summed E-state index contributed by atoms with van der Waals surface area (Å²) in [5.41, 5.74) is 0. The SMILES string of the molecule is CCOC(=O)C1CCN(C(C)CC)CC1. The summed E-state index contributed by atoms with van der Waals surface area (Å²) >= 11 is 0. The van der Waals surface area contributed by atoms with Crippen molar-refractivity contribution in [1.82, 2.24) is 4.90 Å². The summed E-state index contributed by atoms with van der Waals surface area (Å²) < 4.78 is 5.05. The normalized spacial score (nSPS) is 21.3. The van der Waals surface area contributed by atoms with Crippen molar-refractivity contribution in [3.8, 4) is 0 Å². The van der Waals surface area contributed by atoms with Crippen LogP contribution in [0.1, 0.15) is 40.0 Å². The van der Waals surface area contributed by atoms with Crippen molar-refractivity contribution >= 4 is 5.97 Å². The Balaban J connectivity index is 2.32. The maximum atomic E-state index is 11.5. The number of esters is 1. The Morgan fingerprint density at radius 1 is 1.40 bits per heavy atom. The minimum atomic E-state index is 0.00121. The van der Waals surface area contributed by atoms with Gasteiger partial charge in [-0.15, -0.1) is 0 Å². The number of rotatable bonds is 4. The number of carbonyl (C=O) groups is 1. The predicted molar refractivity (Wildman–Crippen MR) is 60.7 cm³/mol. The van der Waals surface area contributed by atoms with E-state index in [0.717, 1.165) is 25.9 Å². The number of nitrogens with zero attached hydrogens (tertiary/aromatic N) is 1. The molecule has 0 aromatic heterocycles. The fraction of sp³-hybridized carbons (Fsp3) is 0.917. The number of piperidine rings is 1. The third kappa shape index (κ3) is 3.49. The molecule has 3 nitrogen and oxygen atoms in total. The van der Waals surface area contributed by atoms with E-state index in [2.05, 4.69) is 18.7 Å². The first-order chi connectivity index (χ1) is 7.19. The summed E-state index contributed by atoms with van der Waals surface area (Å²) in [7, 11) is 0. The zero-order chi connectivity index (χ0) is 11.3. The second-order valence-corrected chi connectivity index (χ2v) is 4.32. The van der Waals surface area contributed by atoms with E-state index < -0.39 is 0 Å². The molecule has 1 unspecified atom stereocenters. The molecule has 0 aromatic rings. The lowest BCUT2D eigenvalue weighted by Gasteiger charge is -2.34. The van der Waals surface area contributed by atoms with Gasteiger partial charge >= 0.3 is 5.97 Å². The fourth-order valence-corrected chi connectivity index (χ4v) is 2.09. The minimum absolute atomic E-state index is 0.00121. The van der Waals surface area contributed by atoms with Gasteiger partial charge in [0.05, 0.1) is 12.5 Å². The van der Waals surface area contributed by atoms with Crippen molar-refractivity contribution in [2.45, 2.75) is 46.1 Å². The first-order valence-corrected chi connectivity index (χ1v) is 6.09. The molecule has 1 fully saturated rings. The highest BCUT2D eigenvalue weighted by atomic mass is 16.5. The Hall–Kier alpha value is -0.570. The van der Waals surface area contributed by atoms with Gasteiger partial charge in [0.2, 0.25) is 0 Å². The molecule has 0 bridgehead atoms. The molecule has 1 aliphatic rings. The van der Waals surface area contributed by atoms with Gasteiger partial charge in [-0.2, -0.15) is 0 Å². The van der Waals surface area contributed by atoms with Crippen molar-refractivity contribution in [3.63, 3.8) is 0 Å². The monoisotopic (exact) mass is 213 g/mol. The van der Waals surface area contributed by atoms with Gasteiger partial charge in [-0.3, -0.25) is 4.79 Å². The second-order valence-electron chi connectivity index (χ2n) is 4.32. The van der Waals surface area contributed by atoms with Crippen LogP contribution in [0.25, 0.3) is 0 Å². The molecule has 0 radical (unpaired) electrons. The second kappa shape index (κ2) is 6.11. The maximum absolute atomic E-state index is 11.5. The average Bonchev–Trinajstić information content (AvgIpc) is 2.28. The molecular weight excluding hydrogens is 190 g/mol. The van der Waals surface area contributed by atoms with Crippen LogP contribution in [0.5, 0.6) is 0 Å². The Morgan fingerprint density at radius 2 is 2.00 bits per heavy atom. The van der Waals surface area contributed by atoms with E-state index in [1.165, 1.54) is 6.42 Å². The van der Waals surface area contributed by atoms with Crippen LogP contribution < -0.4 is 0 Å². The molecule has 1 aliphatic heterocycles. The van der Waals surface area contributed by atoms with Gasteiger partial charge in [-0.25, -0.2) is 0 Å². The standard InChI is InChI=1S/C12H23NO2/c1-4-10(3)13-8-6-11(7-9-13)12(14)15-5-2/h10-11H,4-9H2,1-3H3. The Morgan fingerprint density at radius 3 is 2.47 bits per heavy atom. The van der Waals surface area contributed by atoms with Gasteiger partial charge in [-0.1, -0.05) is 6.92 Å².